The van der Waals surface area contributed by atoms with Crippen LogP contribution in [0.4, 0.5) is 0 Å². The van der Waals surface area contributed by atoms with Gasteiger partial charge in [0.2, 0.25) is 5.88 Å². The van der Waals surface area contributed by atoms with Crippen LogP contribution in [0.1, 0.15) is 36.5 Å². The number of benzene rings is 1. The van der Waals surface area contributed by atoms with E-state index in [1.165, 1.54) is 5.56 Å². The van der Waals surface area contributed by atoms with Crippen molar-refractivity contribution in [2.45, 2.75) is 32.0 Å². The molecule has 0 radical (unpaired) electrons. The lowest BCUT2D eigenvalue weighted by Gasteiger charge is -2.12. The van der Waals surface area contributed by atoms with Gasteiger partial charge < -0.3 is 4.74 Å². The van der Waals surface area contributed by atoms with Crippen LogP contribution in [0, 0.1) is 6.92 Å². The normalized spacial score (nSPS) is 10.8. The molecule has 0 amide bonds. The molecule has 19 heavy (non-hydrogen) atoms. The van der Waals surface area contributed by atoms with Gasteiger partial charge in [0.1, 0.15) is 5.75 Å². The second-order valence-corrected chi connectivity index (χ2v) is 5.48. The number of ether oxygens (including phenoxy) is 1. The van der Waals surface area contributed by atoms with Gasteiger partial charge in [-0.1, -0.05) is 48.0 Å². The van der Waals surface area contributed by atoms with Gasteiger partial charge in [0, 0.05) is 17.6 Å². The molecule has 0 fully saturated rings. The monoisotopic (exact) mass is 319 g/mol. The maximum atomic E-state index is 5.87. The number of hydrogen-bond donors (Lipinski definition) is 0. The molecule has 2 rings (SSSR count). The Hall–Kier alpha value is -1.35. The molecule has 3 heteroatoms. The van der Waals surface area contributed by atoms with Crippen LogP contribution in [-0.2, 0) is 5.33 Å². The fraction of sp³-hybridized carbons (Fsp3) is 0.312. The number of aryl methyl sites for hydroxylation is 1. The SMILES string of the molecule is Cc1ccc(C(C)C)cc1Oc1ccc(CBr)cn1. The van der Waals surface area contributed by atoms with Crippen LogP contribution in [0.2, 0.25) is 0 Å². The number of pyridine rings is 1. The summed E-state index contributed by atoms with van der Waals surface area (Å²) in [6.07, 6.45) is 1.83. The van der Waals surface area contributed by atoms with Crippen LogP contribution in [0.5, 0.6) is 11.6 Å². The van der Waals surface area contributed by atoms with Crippen molar-refractivity contribution < 1.29 is 4.74 Å². The Morgan fingerprint density at radius 1 is 1.21 bits per heavy atom. The summed E-state index contributed by atoms with van der Waals surface area (Å²) in [5, 5.41) is 0.808. The third-order valence-corrected chi connectivity index (χ3v) is 3.69. The molecule has 2 aromatic rings. The van der Waals surface area contributed by atoms with Crippen LogP contribution >= 0.6 is 15.9 Å². The van der Waals surface area contributed by atoms with Crippen molar-refractivity contribution in [3.05, 3.63) is 53.2 Å². The molecule has 0 saturated carbocycles. The molecule has 0 aliphatic carbocycles. The lowest BCUT2D eigenvalue weighted by atomic mass is 10.0. The molecule has 1 aromatic carbocycles. The Labute approximate surface area is 123 Å². The summed E-state index contributed by atoms with van der Waals surface area (Å²) in [5.41, 5.74) is 3.54. The maximum absolute atomic E-state index is 5.87. The predicted octanol–water partition coefficient (Wildman–Crippen LogP) is 5.20. The Kier molecular flexibility index (Phi) is 4.59. The van der Waals surface area contributed by atoms with Crippen molar-refractivity contribution in [1.82, 2.24) is 4.98 Å². The van der Waals surface area contributed by atoms with Crippen LogP contribution in [-0.4, -0.2) is 4.98 Å². The zero-order chi connectivity index (χ0) is 13.8. The van der Waals surface area contributed by atoms with Gasteiger partial charge in [-0.15, -0.1) is 0 Å². The standard InChI is InChI=1S/C16H18BrNO/c1-11(2)14-6-4-12(3)15(8-14)19-16-7-5-13(9-17)10-18-16/h4-8,10-11H,9H2,1-3H3. The number of nitrogens with zero attached hydrogens (tertiary/aromatic N) is 1. The summed E-state index contributed by atoms with van der Waals surface area (Å²) in [6, 6.07) is 10.3. The highest BCUT2D eigenvalue weighted by molar-refractivity contribution is 9.08. The molecule has 1 aromatic heterocycles. The van der Waals surface area contributed by atoms with Crippen molar-refractivity contribution in [1.29, 1.82) is 0 Å². The van der Waals surface area contributed by atoms with Crippen LogP contribution < -0.4 is 4.74 Å². The van der Waals surface area contributed by atoms with E-state index < -0.39 is 0 Å². The van der Waals surface area contributed by atoms with E-state index in [2.05, 4.69) is 53.0 Å². The lowest BCUT2D eigenvalue weighted by Crippen LogP contribution is -1.94. The maximum Gasteiger partial charge on any atom is 0.219 e. The molecule has 2 nitrogen and oxygen atoms in total. The summed E-state index contributed by atoms with van der Waals surface area (Å²) >= 11 is 3.41. The van der Waals surface area contributed by atoms with Crippen molar-refractivity contribution in [3.8, 4) is 11.6 Å². The van der Waals surface area contributed by atoms with Gasteiger partial charge in [-0.05, 0) is 35.6 Å². The first-order valence-corrected chi connectivity index (χ1v) is 7.51. The molecule has 0 saturated heterocycles. The molecule has 0 bridgehead atoms. The van der Waals surface area contributed by atoms with Gasteiger partial charge in [0.15, 0.2) is 0 Å². The number of alkyl halides is 1. The summed E-state index contributed by atoms with van der Waals surface area (Å²) in [5.74, 6) is 2.01. The Balaban J connectivity index is 2.23. The van der Waals surface area contributed by atoms with Crippen LogP contribution in [0.25, 0.3) is 0 Å². The number of halogens is 1. The minimum Gasteiger partial charge on any atom is -0.439 e. The van der Waals surface area contributed by atoms with Crippen molar-refractivity contribution in [3.63, 3.8) is 0 Å². The fourth-order valence-corrected chi connectivity index (χ4v) is 2.08. The van der Waals surface area contributed by atoms with E-state index in [0.717, 1.165) is 22.2 Å². The Morgan fingerprint density at radius 2 is 2.00 bits per heavy atom. The van der Waals surface area contributed by atoms with Gasteiger partial charge in [0.05, 0.1) is 0 Å². The highest BCUT2D eigenvalue weighted by Gasteiger charge is 2.06. The first-order valence-electron chi connectivity index (χ1n) is 6.39. The second kappa shape index (κ2) is 6.20. The smallest absolute Gasteiger partial charge is 0.219 e. The third kappa shape index (κ3) is 3.57. The van der Waals surface area contributed by atoms with Gasteiger partial charge in [-0.2, -0.15) is 0 Å². The van der Waals surface area contributed by atoms with Crippen molar-refractivity contribution in [2.24, 2.45) is 0 Å². The molecule has 0 unspecified atom stereocenters. The molecule has 1 heterocycles. The summed E-state index contributed by atoms with van der Waals surface area (Å²) in [4.78, 5) is 4.31. The summed E-state index contributed by atoms with van der Waals surface area (Å²) < 4.78 is 5.87. The summed E-state index contributed by atoms with van der Waals surface area (Å²) in [6.45, 7) is 6.40. The predicted molar refractivity (Wildman–Crippen MR) is 82.2 cm³/mol. The Bertz CT molecular complexity index is 549. The van der Waals surface area contributed by atoms with E-state index in [1.54, 1.807) is 0 Å². The minimum absolute atomic E-state index is 0.492. The second-order valence-electron chi connectivity index (χ2n) is 4.92. The molecule has 0 atom stereocenters. The Morgan fingerprint density at radius 3 is 2.58 bits per heavy atom. The van der Waals surface area contributed by atoms with E-state index in [1.807, 2.05) is 25.3 Å². The van der Waals surface area contributed by atoms with E-state index >= 15 is 0 Å². The highest BCUT2D eigenvalue weighted by atomic mass is 79.9. The van der Waals surface area contributed by atoms with Crippen LogP contribution in [0.3, 0.4) is 0 Å². The topological polar surface area (TPSA) is 22.1 Å². The molecule has 0 spiro atoms. The van der Waals surface area contributed by atoms with Gasteiger partial charge in [-0.25, -0.2) is 4.98 Å². The average molecular weight is 320 g/mol. The van der Waals surface area contributed by atoms with Gasteiger partial charge >= 0.3 is 0 Å². The van der Waals surface area contributed by atoms with Gasteiger partial charge in [0.25, 0.3) is 0 Å². The number of rotatable bonds is 4. The van der Waals surface area contributed by atoms with E-state index in [-0.39, 0.29) is 0 Å². The van der Waals surface area contributed by atoms with E-state index in [9.17, 15) is 0 Å². The zero-order valence-electron chi connectivity index (χ0n) is 11.5. The van der Waals surface area contributed by atoms with E-state index in [0.29, 0.717) is 11.8 Å². The molecule has 0 aliphatic rings. The minimum atomic E-state index is 0.492. The van der Waals surface area contributed by atoms with Crippen molar-refractivity contribution >= 4 is 15.9 Å². The number of hydrogen-bond acceptors (Lipinski definition) is 2. The van der Waals surface area contributed by atoms with Gasteiger partial charge in [-0.3, -0.25) is 0 Å². The fourth-order valence-electron chi connectivity index (χ4n) is 1.75. The third-order valence-electron chi connectivity index (χ3n) is 3.05. The van der Waals surface area contributed by atoms with Crippen molar-refractivity contribution in [2.75, 3.05) is 0 Å². The molecule has 0 N–H and O–H groups in total. The largest absolute Gasteiger partial charge is 0.439 e. The van der Waals surface area contributed by atoms with E-state index in [4.69, 9.17) is 4.74 Å². The zero-order valence-corrected chi connectivity index (χ0v) is 13.1. The summed E-state index contributed by atoms with van der Waals surface area (Å²) in [7, 11) is 0. The molecule has 0 aliphatic heterocycles. The molecule has 100 valence electrons. The first-order chi connectivity index (χ1) is 9.10. The molecular formula is C16H18BrNO. The average Bonchev–Trinajstić information content (AvgIpc) is 2.42. The highest BCUT2D eigenvalue weighted by Crippen LogP contribution is 2.27. The van der Waals surface area contributed by atoms with Crippen LogP contribution in [0.15, 0.2) is 36.5 Å². The molecular weight excluding hydrogens is 302 g/mol. The first kappa shape index (κ1) is 14.1. The quantitative estimate of drug-likeness (QED) is 0.722. The number of aromatic nitrogens is 1. The lowest BCUT2D eigenvalue weighted by molar-refractivity contribution is 0.458.